The Labute approximate surface area is 121 Å². The van der Waals surface area contributed by atoms with E-state index in [0.29, 0.717) is 13.0 Å². The van der Waals surface area contributed by atoms with Crippen LogP contribution in [0.2, 0.25) is 5.02 Å². The van der Waals surface area contributed by atoms with Crippen LogP contribution in [0.4, 0.5) is 0 Å². The highest BCUT2D eigenvalue weighted by Crippen LogP contribution is 2.26. The molecule has 106 valence electrons. The summed E-state index contributed by atoms with van der Waals surface area (Å²) in [4.78, 5) is 26.0. The SMILES string of the molecule is O=C1N[C@@H](Cc2ccc(O)c(Cl)c2)C(=O)N2CCC[C@@H]12. The first-order chi connectivity index (χ1) is 9.56. The Balaban J connectivity index is 1.78. The number of fused-ring (bicyclic) bond motifs is 1. The Hall–Kier alpha value is -1.75. The maximum atomic E-state index is 12.3. The molecule has 0 bridgehead atoms. The number of phenols is 1. The van der Waals surface area contributed by atoms with E-state index in [2.05, 4.69) is 5.32 Å². The maximum absolute atomic E-state index is 12.3. The highest BCUT2D eigenvalue weighted by Gasteiger charge is 2.42. The second-order valence-electron chi connectivity index (χ2n) is 5.24. The number of benzene rings is 1. The van der Waals surface area contributed by atoms with Crippen LogP contribution >= 0.6 is 11.6 Å². The average molecular weight is 295 g/mol. The van der Waals surface area contributed by atoms with Crippen molar-refractivity contribution < 1.29 is 14.7 Å². The third-order valence-corrected chi connectivity index (χ3v) is 4.21. The summed E-state index contributed by atoms with van der Waals surface area (Å²) in [7, 11) is 0. The molecule has 2 atom stereocenters. The highest BCUT2D eigenvalue weighted by atomic mass is 35.5. The Morgan fingerprint density at radius 2 is 2.20 bits per heavy atom. The number of carbonyl (C=O) groups is 2. The molecule has 6 heteroatoms. The number of halogens is 1. The molecule has 0 spiro atoms. The predicted octanol–water partition coefficient (Wildman–Crippen LogP) is 1.08. The van der Waals surface area contributed by atoms with Crippen molar-refractivity contribution >= 4 is 23.4 Å². The van der Waals surface area contributed by atoms with E-state index in [9.17, 15) is 14.7 Å². The molecule has 20 heavy (non-hydrogen) atoms. The van der Waals surface area contributed by atoms with Crippen molar-refractivity contribution in [3.8, 4) is 5.75 Å². The first kappa shape index (κ1) is 13.2. The van der Waals surface area contributed by atoms with Gasteiger partial charge in [-0.1, -0.05) is 17.7 Å². The number of rotatable bonds is 2. The lowest BCUT2D eigenvalue weighted by Gasteiger charge is -2.34. The number of amides is 2. The zero-order valence-electron chi connectivity index (χ0n) is 10.8. The van der Waals surface area contributed by atoms with Crippen molar-refractivity contribution in [1.82, 2.24) is 10.2 Å². The minimum absolute atomic E-state index is 0.00836. The topological polar surface area (TPSA) is 69.6 Å². The van der Waals surface area contributed by atoms with E-state index in [1.54, 1.807) is 17.0 Å². The van der Waals surface area contributed by atoms with E-state index >= 15 is 0 Å². The van der Waals surface area contributed by atoms with Crippen LogP contribution < -0.4 is 5.32 Å². The monoisotopic (exact) mass is 294 g/mol. The first-order valence-electron chi connectivity index (χ1n) is 6.64. The standard InChI is InChI=1S/C14H15ClN2O3/c15-9-6-8(3-4-12(9)18)7-10-14(20)17-5-1-2-11(17)13(19)16-10/h3-4,6,10-11,18H,1-2,5,7H2,(H,16,19)/t10-,11-/m0/s1. The molecule has 5 nitrogen and oxygen atoms in total. The summed E-state index contributed by atoms with van der Waals surface area (Å²) >= 11 is 5.85. The number of hydrogen-bond acceptors (Lipinski definition) is 3. The van der Waals surface area contributed by atoms with Crippen LogP contribution in [-0.4, -0.2) is 40.4 Å². The van der Waals surface area contributed by atoms with Gasteiger partial charge in [0.05, 0.1) is 5.02 Å². The number of nitrogens with one attached hydrogen (secondary N) is 1. The van der Waals surface area contributed by atoms with Crippen molar-refractivity contribution in [1.29, 1.82) is 0 Å². The van der Waals surface area contributed by atoms with Gasteiger partial charge < -0.3 is 15.3 Å². The fourth-order valence-corrected chi connectivity index (χ4v) is 3.09. The van der Waals surface area contributed by atoms with Crippen LogP contribution in [0.3, 0.4) is 0 Å². The summed E-state index contributed by atoms with van der Waals surface area (Å²) in [6.45, 7) is 0.657. The largest absolute Gasteiger partial charge is 0.506 e. The van der Waals surface area contributed by atoms with Crippen molar-refractivity contribution in [2.45, 2.75) is 31.3 Å². The summed E-state index contributed by atoms with van der Waals surface area (Å²) in [5.41, 5.74) is 0.809. The van der Waals surface area contributed by atoms with Gasteiger partial charge in [-0.15, -0.1) is 0 Å². The Kier molecular flexibility index (Phi) is 3.30. The van der Waals surface area contributed by atoms with E-state index in [-0.39, 0.29) is 28.6 Å². The molecule has 0 unspecified atom stereocenters. The van der Waals surface area contributed by atoms with Gasteiger partial charge in [-0.05, 0) is 30.5 Å². The highest BCUT2D eigenvalue weighted by molar-refractivity contribution is 6.32. The molecule has 1 aromatic rings. The molecule has 2 fully saturated rings. The van der Waals surface area contributed by atoms with Crippen LogP contribution in [0, 0.1) is 0 Å². The lowest BCUT2D eigenvalue weighted by molar-refractivity contribution is -0.146. The molecule has 1 aromatic carbocycles. The number of aromatic hydroxyl groups is 1. The summed E-state index contributed by atoms with van der Waals surface area (Å²) in [5, 5.41) is 12.4. The number of carbonyl (C=O) groups excluding carboxylic acids is 2. The Morgan fingerprint density at radius 3 is 2.95 bits per heavy atom. The minimum atomic E-state index is -0.544. The molecule has 2 N–H and O–H groups in total. The van der Waals surface area contributed by atoms with Crippen molar-refractivity contribution in [3.63, 3.8) is 0 Å². The number of piperazine rings is 1. The Bertz CT molecular complexity index is 576. The van der Waals surface area contributed by atoms with E-state index in [1.807, 2.05) is 0 Å². The molecule has 2 aliphatic heterocycles. The number of phenolic OH excluding ortho intramolecular Hbond substituents is 1. The second kappa shape index (κ2) is 4.98. The van der Waals surface area contributed by atoms with Gasteiger partial charge in [0.2, 0.25) is 11.8 Å². The number of hydrogen-bond donors (Lipinski definition) is 2. The molecule has 3 rings (SSSR count). The maximum Gasteiger partial charge on any atom is 0.246 e. The average Bonchev–Trinajstić information content (AvgIpc) is 2.90. The quantitative estimate of drug-likeness (QED) is 0.857. The molecule has 0 radical (unpaired) electrons. The normalized spacial score (nSPS) is 25.6. The van der Waals surface area contributed by atoms with Gasteiger partial charge in [-0.3, -0.25) is 9.59 Å². The van der Waals surface area contributed by atoms with Crippen LogP contribution in [0.1, 0.15) is 18.4 Å². The molecule has 0 saturated carbocycles. The summed E-state index contributed by atoms with van der Waals surface area (Å²) in [5.74, 6) is -0.0951. The predicted molar refractivity (Wildman–Crippen MR) is 73.5 cm³/mol. The van der Waals surface area contributed by atoms with Crippen LogP contribution in [-0.2, 0) is 16.0 Å². The zero-order valence-corrected chi connectivity index (χ0v) is 11.6. The Morgan fingerprint density at radius 1 is 1.40 bits per heavy atom. The molecule has 2 heterocycles. The minimum Gasteiger partial charge on any atom is -0.506 e. The van der Waals surface area contributed by atoms with Gasteiger partial charge in [0.25, 0.3) is 0 Å². The molecule has 2 aliphatic rings. The van der Waals surface area contributed by atoms with E-state index in [0.717, 1.165) is 18.4 Å². The summed E-state index contributed by atoms with van der Waals surface area (Å²) in [6.07, 6.45) is 2.00. The van der Waals surface area contributed by atoms with Gasteiger partial charge in [0, 0.05) is 13.0 Å². The fraction of sp³-hybridized carbons (Fsp3) is 0.429. The van der Waals surface area contributed by atoms with E-state index in [1.165, 1.54) is 6.07 Å². The van der Waals surface area contributed by atoms with Gasteiger partial charge in [-0.2, -0.15) is 0 Å². The molecule has 0 aliphatic carbocycles. The second-order valence-corrected chi connectivity index (χ2v) is 5.65. The molecule has 2 saturated heterocycles. The van der Waals surface area contributed by atoms with Crippen molar-refractivity contribution in [3.05, 3.63) is 28.8 Å². The van der Waals surface area contributed by atoms with Gasteiger partial charge in [0.15, 0.2) is 0 Å². The third-order valence-electron chi connectivity index (χ3n) is 3.91. The van der Waals surface area contributed by atoms with Gasteiger partial charge in [0.1, 0.15) is 17.8 Å². The van der Waals surface area contributed by atoms with Crippen molar-refractivity contribution in [2.75, 3.05) is 6.54 Å². The molecular formula is C14H15ClN2O3. The molecule has 2 amide bonds. The smallest absolute Gasteiger partial charge is 0.246 e. The first-order valence-corrected chi connectivity index (χ1v) is 7.02. The van der Waals surface area contributed by atoms with Crippen molar-refractivity contribution in [2.24, 2.45) is 0 Å². The summed E-state index contributed by atoms with van der Waals surface area (Å²) in [6, 6.07) is 3.98. The van der Waals surface area contributed by atoms with E-state index in [4.69, 9.17) is 11.6 Å². The van der Waals surface area contributed by atoms with Gasteiger partial charge in [-0.25, -0.2) is 0 Å². The van der Waals surface area contributed by atoms with Crippen LogP contribution in [0.5, 0.6) is 5.75 Å². The lowest BCUT2D eigenvalue weighted by Crippen LogP contribution is -2.61. The van der Waals surface area contributed by atoms with Crippen LogP contribution in [0.15, 0.2) is 18.2 Å². The summed E-state index contributed by atoms with van der Waals surface area (Å²) < 4.78 is 0. The zero-order chi connectivity index (χ0) is 14.3. The molecular weight excluding hydrogens is 280 g/mol. The van der Waals surface area contributed by atoms with E-state index < -0.39 is 6.04 Å². The lowest BCUT2D eigenvalue weighted by atomic mass is 10.0. The van der Waals surface area contributed by atoms with Gasteiger partial charge >= 0.3 is 0 Å². The molecule has 0 aromatic heterocycles. The van der Waals surface area contributed by atoms with Crippen LogP contribution in [0.25, 0.3) is 0 Å². The third kappa shape index (κ3) is 2.22. The fourth-order valence-electron chi connectivity index (χ4n) is 2.88. The number of nitrogens with zero attached hydrogens (tertiary/aromatic N) is 1.